The van der Waals surface area contributed by atoms with Gasteiger partial charge in [0.15, 0.2) is 0 Å². The average Bonchev–Trinajstić information content (AvgIpc) is 2.95. The monoisotopic (exact) mass is 333 g/mol. The minimum atomic E-state index is -0.861. The van der Waals surface area contributed by atoms with Gasteiger partial charge in [-0.25, -0.2) is 4.79 Å². The summed E-state index contributed by atoms with van der Waals surface area (Å²) in [5.41, 5.74) is 4.63. The zero-order valence-electron chi connectivity index (χ0n) is 14.6. The summed E-state index contributed by atoms with van der Waals surface area (Å²) in [6.45, 7) is 4.90. The first-order chi connectivity index (χ1) is 12.1. The van der Waals surface area contributed by atoms with E-state index in [1.165, 1.54) is 5.56 Å². The van der Waals surface area contributed by atoms with Crippen molar-refractivity contribution in [3.8, 4) is 0 Å². The molecule has 3 rings (SSSR count). The van der Waals surface area contributed by atoms with Crippen molar-refractivity contribution in [1.29, 1.82) is 0 Å². The molecule has 1 heterocycles. The van der Waals surface area contributed by atoms with Gasteiger partial charge in [-0.1, -0.05) is 74.5 Å². The quantitative estimate of drug-likeness (QED) is 0.693. The van der Waals surface area contributed by atoms with Crippen molar-refractivity contribution in [2.24, 2.45) is 0 Å². The lowest BCUT2D eigenvalue weighted by Gasteiger charge is -2.16. The fraction of sp³-hybridized carbons (Fsp3) is 0.227. The number of rotatable bonds is 6. The highest BCUT2D eigenvalue weighted by Gasteiger charge is 2.21. The Morgan fingerprint density at radius 1 is 0.960 bits per heavy atom. The van der Waals surface area contributed by atoms with E-state index in [9.17, 15) is 9.90 Å². The number of benzene rings is 2. The number of aromatic carboxylic acids is 1. The smallest absolute Gasteiger partial charge is 0.337 e. The van der Waals surface area contributed by atoms with Gasteiger partial charge in [-0.05, 0) is 23.1 Å². The number of carboxylic acids is 1. The zero-order chi connectivity index (χ0) is 17.8. The molecule has 0 saturated carbocycles. The summed E-state index contributed by atoms with van der Waals surface area (Å²) in [4.78, 5) is 11.8. The van der Waals surface area contributed by atoms with Crippen molar-refractivity contribution in [3.05, 3.63) is 94.8 Å². The second-order valence-electron chi connectivity index (χ2n) is 6.62. The van der Waals surface area contributed by atoms with E-state index in [1.807, 2.05) is 54.6 Å². The molecular weight excluding hydrogens is 310 g/mol. The van der Waals surface area contributed by atoms with E-state index in [0.29, 0.717) is 18.5 Å². The van der Waals surface area contributed by atoms with Crippen LogP contribution < -0.4 is 0 Å². The van der Waals surface area contributed by atoms with Crippen LogP contribution >= 0.6 is 0 Å². The van der Waals surface area contributed by atoms with Gasteiger partial charge in [0.2, 0.25) is 0 Å². The van der Waals surface area contributed by atoms with Crippen LogP contribution in [0.2, 0.25) is 0 Å². The maximum absolute atomic E-state index is 11.8. The van der Waals surface area contributed by atoms with Crippen molar-refractivity contribution >= 4 is 5.97 Å². The van der Waals surface area contributed by atoms with E-state index in [1.54, 1.807) is 0 Å². The number of nitrogens with zero attached hydrogens (tertiary/aromatic N) is 1. The van der Waals surface area contributed by atoms with Crippen LogP contribution in [0.4, 0.5) is 0 Å². The lowest BCUT2D eigenvalue weighted by Crippen LogP contribution is -2.11. The summed E-state index contributed by atoms with van der Waals surface area (Å²) >= 11 is 0. The Bertz CT molecular complexity index is 848. The molecule has 3 aromatic rings. The molecule has 1 aromatic heterocycles. The fourth-order valence-corrected chi connectivity index (χ4v) is 3.21. The maximum Gasteiger partial charge on any atom is 0.337 e. The van der Waals surface area contributed by atoms with Crippen molar-refractivity contribution in [1.82, 2.24) is 4.57 Å². The van der Waals surface area contributed by atoms with Crippen LogP contribution in [0.15, 0.2) is 66.7 Å². The van der Waals surface area contributed by atoms with Crippen LogP contribution in [0.1, 0.15) is 52.6 Å². The van der Waals surface area contributed by atoms with Crippen LogP contribution in [0, 0.1) is 0 Å². The molecule has 0 aliphatic rings. The SMILES string of the molecule is CC(C)c1cc(C(=O)O)c(Cc2ccccc2)n1Cc1ccccc1. The van der Waals surface area contributed by atoms with Gasteiger partial charge in [0, 0.05) is 24.4 Å². The molecule has 0 unspecified atom stereocenters. The van der Waals surface area contributed by atoms with Crippen molar-refractivity contribution in [2.75, 3.05) is 0 Å². The molecule has 0 spiro atoms. The van der Waals surface area contributed by atoms with Gasteiger partial charge in [0.1, 0.15) is 0 Å². The fourth-order valence-electron chi connectivity index (χ4n) is 3.21. The number of carboxylic acid groups (broad SMARTS) is 1. The average molecular weight is 333 g/mol. The highest BCUT2D eigenvalue weighted by atomic mass is 16.4. The third kappa shape index (κ3) is 3.82. The second-order valence-corrected chi connectivity index (χ2v) is 6.62. The van der Waals surface area contributed by atoms with Gasteiger partial charge < -0.3 is 9.67 Å². The zero-order valence-corrected chi connectivity index (χ0v) is 14.6. The van der Waals surface area contributed by atoms with Crippen LogP contribution in [0.25, 0.3) is 0 Å². The molecule has 0 saturated heterocycles. The molecular formula is C22H23NO2. The molecule has 3 heteroatoms. The van der Waals surface area contributed by atoms with E-state index < -0.39 is 5.97 Å². The summed E-state index contributed by atoms with van der Waals surface area (Å²) in [6, 6.07) is 22.1. The molecule has 0 bridgehead atoms. The number of aromatic nitrogens is 1. The molecule has 0 aliphatic carbocycles. The van der Waals surface area contributed by atoms with Crippen molar-refractivity contribution in [3.63, 3.8) is 0 Å². The van der Waals surface area contributed by atoms with E-state index in [4.69, 9.17) is 0 Å². The first kappa shape index (κ1) is 17.0. The predicted molar refractivity (Wildman–Crippen MR) is 100 cm³/mol. The molecule has 128 valence electrons. The minimum Gasteiger partial charge on any atom is -0.478 e. The van der Waals surface area contributed by atoms with E-state index in [0.717, 1.165) is 17.0 Å². The van der Waals surface area contributed by atoms with Gasteiger partial charge in [-0.15, -0.1) is 0 Å². The minimum absolute atomic E-state index is 0.256. The van der Waals surface area contributed by atoms with Crippen molar-refractivity contribution < 1.29 is 9.90 Å². The molecule has 0 amide bonds. The normalized spacial score (nSPS) is 11.0. The summed E-state index contributed by atoms with van der Waals surface area (Å²) in [5, 5.41) is 9.72. The number of carbonyl (C=O) groups is 1. The molecule has 0 radical (unpaired) electrons. The Labute approximate surface area is 148 Å². The summed E-state index contributed by atoms with van der Waals surface area (Å²) < 4.78 is 2.18. The van der Waals surface area contributed by atoms with Crippen LogP contribution in [-0.2, 0) is 13.0 Å². The lowest BCUT2D eigenvalue weighted by atomic mass is 10.1. The molecule has 0 atom stereocenters. The lowest BCUT2D eigenvalue weighted by molar-refractivity contribution is 0.0695. The predicted octanol–water partition coefficient (Wildman–Crippen LogP) is 4.95. The standard InChI is InChI=1S/C22H23NO2/c1-16(2)20-14-19(22(24)25)21(13-17-9-5-3-6-10-17)23(20)15-18-11-7-4-8-12-18/h3-12,14,16H,13,15H2,1-2H3,(H,24,25). The molecule has 25 heavy (non-hydrogen) atoms. The van der Waals surface area contributed by atoms with Gasteiger partial charge in [-0.3, -0.25) is 0 Å². The van der Waals surface area contributed by atoms with Gasteiger partial charge in [0.05, 0.1) is 5.56 Å². The topological polar surface area (TPSA) is 42.2 Å². The Kier molecular flexibility index (Phi) is 5.03. The number of hydrogen-bond acceptors (Lipinski definition) is 1. The molecule has 3 nitrogen and oxygen atoms in total. The maximum atomic E-state index is 11.8. The summed E-state index contributed by atoms with van der Waals surface area (Å²) in [7, 11) is 0. The molecule has 2 aromatic carbocycles. The largest absolute Gasteiger partial charge is 0.478 e. The highest BCUT2D eigenvalue weighted by molar-refractivity contribution is 5.89. The Morgan fingerprint density at radius 2 is 1.52 bits per heavy atom. The Hall–Kier alpha value is -2.81. The van der Waals surface area contributed by atoms with E-state index in [2.05, 4.69) is 30.5 Å². The van der Waals surface area contributed by atoms with Gasteiger partial charge in [0.25, 0.3) is 0 Å². The molecule has 0 aliphatic heterocycles. The number of hydrogen-bond donors (Lipinski definition) is 1. The van der Waals surface area contributed by atoms with Crippen molar-refractivity contribution in [2.45, 2.75) is 32.7 Å². The van der Waals surface area contributed by atoms with Gasteiger partial charge >= 0.3 is 5.97 Å². The molecule has 1 N–H and O–H groups in total. The van der Waals surface area contributed by atoms with Crippen LogP contribution in [0.3, 0.4) is 0 Å². The van der Waals surface area contributed by atoms with Crippen LogP contribution in [-0.4, -0.2) is 15.6 Å². The third-order valence-electron chi connectivity index (χ3n) is 4.46. The third-order valence-corrected chi connectivity index (χ3v) is 4.46. The Balaban J connectivity index is 2.10. The summed E-state index contributed by atoms with van der Waals surface area (Å²) in [6.07, 6.45) is 0.613. The first-order valence-corrected chi connectivity index (χ1v) is 8.59. The van der Waals surface area contributed by atoms with Gasteiger partial charge in [-0.2, -0.15) is 0 Å². The Morgan fingerprint density at radius 3 is 2.04 bits per heavy atom. The van der Waals surface area contributed by atoms with E-state index in [-0.39, 0.29) is 5.92 Å². The first-order valence-electron chi connectivity index (χ1n) is 8.59. The second kappa shape index (κ2) is 7.39. The highest BCUT2D eigenvalue weighted by Crippen LogP contribution is 2.26. The van der Waals surface area contributed by atoms with E-state index >= 15 is 0 Å². The van der Waals surface area contributed by atoms with Crippen LogP contribution in [0.5, 0.6) is 0 Å². The summed E-state index contributed by atoms with van der Waals surface area (Å²) in [5.74, 6) is -0.606. The molecule has 0 fully saturated rings.